The van der Waals surface area contributed by atoms with Crippen molar-refractivity contribution in [2.45, 2.75) is 44.6 Å². The van der Waals surface area contributed by atoms with Gasteiger partial charge in [-0.3, -0.25) is 0 Å². The maximum atomic E-state index is 12.2. The predicted molar refractivity (Wildman–Crippen MR) is 71.1 cm³/mol. The normalized spacial score (nSPS) is 17.8. The monoisotopic (exact) mass is 272 g/mol. The van der Waals surface area contributed by atoms with Crippen molar-refractivity contribution in [3.63, 3.8) is 0 Å². The lowest BCUT2D eigenvalue weighted by Gasteiger charge is -2.35. The summed E-state index contributed by atoms with van der Waals surface area (Å²) in [5.41, 5.74) is -1.09. The molecule has 2 amide bonds. The zero-order valence-electron chi connectivity index (χ0n) is 11.8. The van der Waals surface area contributed by atoms with Crippen LogP contribution in [0.5, 0.6) is 0 Å². The van der Waals surface area contributed by atoms with Crippen LogP contribution in [0.2, 0.25) is 0 Å². The summed E-state index contributed by atoms with van der Waals surface area (Å²) < 4.78 is 4.95. The summed E-state index contributed by atoms with van der Waals surface area (Å²) in [6, 6.07) is -0.316. The molecule has 0 unspecified atom stereocenters. The topological polar surface area (TPSA) is 78.9 Å². The number of methoxy groups -OCH3 is 1. The lowest BCUT2D eigenvalue weighted by atomic mass is 9.82. The van der Waals surface area contributed by atoms with Gasteiger partial charge in [0.15, 0.2) is 0 Å². The van der Waals surface area contributed by atoms with Crippen molar-refractivity contribution in [2.24, 2.45) is 0 Å². The number of aliphatic carboxylic acids is 1. The number of carbonyl (C=O) groups excluding carboxylic acids is 1. The number of ether oxygens (including phenoxy) is 1. The minimum Gasteiger partial charge on any atom is -0.480 e. The number of amides is 2. The quantitative estimate of drug-likeness (QED) is 0.767. The van der Waals surface area contributed by atoms with Crippen molar-refractivity contribution in [1.82, 2.24) is 10.2 Å². The van der Waals surface area contributed by atoms with E-state index in [1.165, 1.54) is 0 Å². The number of hydrogen-bond donors (Lipinski definition) is 2. The fraction of sp³-hybridized carbons (Fsp3) is 0.846. The molecule has 0 aliphatic heterocycles. The second-order valence-corrected chi connectivity index (χ2v) is 4.95. The van der Waals surface area contributed by atoms with Crippen LogP contribution >= 0.6 is 0 Å². The summed E-state index contributed by atoms with van der Waals surface area (Å²) in [6.45, 7) is 3.31. The molecule has 110 valence electrons. The predicted octanol–water partition coefficient (Wildman–Crippen LogP) is 1.45. The number of carboxylic acid groups (broad SMARTS) is 1. The molecule has 1 rings (SSSR count). The zero-order valence-corrected chi connectivity index (χ0v) is 11.8. The number of nitrogens with zero attached hydrogens (tertiary/aromatic N) is 1. The standard InChI is InChI=1S/C13H24N2O4/c1-3-15(9-10-19-2)12(18)14-13(11(16)17)7-5-4-6-8-13/h3-10H2,1-2H3,(H,14,18)(H,16,17). The largest absolute Gasteiger partial charge is 0.480 e. The number of hydrogen-bond acceptors (Lipinski definition) is 3. The highest BCUT2D eigenvalue weighted by Crippen LogP contribution is 2.28. The molecule has 0 aromatic heterocycles. The van der Waals surface area contributed by atoms with Gasteiger partial charge in [0.1, 0.15) is 5.54 Å². The summed E-state index contributed by atoms with van der Waals surface area (Å²) in [5, 5.41) is 12.1. The molecule has 0 bridgehead atoms. The van der Waals surface area contributed by atoms with Crippen LogP contribution < -0.4 is 5.32 Å². The Morgan fingerprint density at radius 1 is 1.32 bits per heavy atom. The molecule has 0 atom stereocenters. The van der Waals surface area contributed by atoms with Crippen LogP contribution in [0, 0.1) is 0 Å². The summed E-state index contributed by atoms with van der Waals surface area (Å²) >= 11 is 0. The van der Waals surface area contributed by atoms with E-state index in [0.29, 0.717) is 32.5 Å². The second kappa shape index (κ2) is 7.33. The molecule has 1 saturated carbocycles. The molecular weight excluding hydrogens is 248 g/mol. The summed E-state index contributed by atoms with van der Waals surface area (Å²) in [5.74, 6) is -0.927. The van der Waals surface area contributed by atoms with Gasteiger partial charge in [0, 0.05) is 20.2 Å². The van der Waals surface area contributed by atoms with Gasteiger partial charge in [0.2, 0.25) is 0 Å². The molecule has 6 heteroatoms. The van der Waals surface area contributed by atoms with Crippen molar-refractivity contribution < 1.29 is 19.4 Å². The maximum Gasteiger partial charge on any atom is 0.329 e. The van der Waals surface area contributed by atoms with E-state index in [1.807, 2.05) is 6.92 Å². The molecule has 0 heterocycles. The highest BCUT2D eigenvalue weighted by molar-refractivity contribution is 5.86. The van der Waals surface area contributed by atoms with Crippen LogP contribution in [0.15, 0.2) is 0 Å². The molecule has 1 fully saturated rings. The van der Waals surface area contributed by atoms with E-state index in [-0.39, 0.29) is 6.03 Å². The highest BCUT2D eigenvalue weighted by Gasteiger charge is 2.41. The van der Waals surface area contributed by atoms with Crippen molar-refractivity contribution in [3.05, 3.63) is 0 Å². The van der Waals surface area contributed by atoms with E-state index < -0.39 is 11.5 Å². The molecule has 0 aromatic rings. The van der Waals surface area contributed by atoms with E-state index in [1.54, 1.807) is 12.0 Å². The van der Waals surface area contributed by atoms with Crippen molar-refractivity contribution in [1.29, 1.82) is 0 Å². The van der Waals surface area contributed by atoms with Gasteiger partial charge in [-0.05, 0) is 19.8 Å². The van der Waals surface area contributed by atoms with Gasteiger partial charge in [-0.15, -0.1) is 0 Å². The van der Waals surface area contributed by atoms with Crippen molar-refractivity contribution in [2.75, 3.05) is 26.8 Å². The third-order valence-electron chi connectivity index (χ3n) is 3.70. The number of urea groups is 1. The van der Waals surface area contributed by atoms with Gasteiger partial charge in [-0.2, -0.15) is 0 Å². The molecular formula is C13H24N2O4. The van der Waals surface area contributed by atoms with E-state index in [0.717, 1.165) is 19.3 Å². The first-order chi connectivity index (χ1) is 9.05. The molecule has 1 aliphatic carbocycles. The Balaban J connectivity index is 2.67. The van der Waals surface area contributed by atoms with Gasteiger partial charge in [0.05, 0.1) is 6.61 Å². The molecule has 1 aliphatic rings. The first-order valence-electron chi connectivity index (χ1n) is 6.85. The first kappa shape index (κ1) is 15.8. The van der Waals surface area contributed by atoms with Crippen LogP contribution in [0.1, 0.15) is 39.0 Å². The minimum atomic E-state index is -1.09. The fourth-order valence-electron chi connectivity index (χ4n) is 2.44. The molecule has 6 nitrogen and oxygen atoms in total. The van der Waals surface area contributed by atoms with Gasteiger partial charge in [-0.25, -0.2) is 9.59 Å². The Bertz CT molecular complexity index is 314. The zero-order chi connectivity index (χ0) is 14.3. The van der Waals surface area contributed by atoms with Crippen molar-refractivity contribution in [3.8, 4) is 0 Å². The van der Waals surface area contributed by atoms with Gasteiger partial charge in [-0.1, -0.05) is 19.3 Å². The minimum absolute atomic E-state index is 0.316. The Morgan fingerprint density at radius 2 is 1.95 bits per heavy atom. The third kappa shape index (κ3) is 4.09. The fourth-order valence-corrected chi connectivity index (χ4v) is 2.44. The molecule has 0 spiro atoms. The van der Waals surface area contributed by atoms with Gasteiger partial charge >= 0.3 is 12.0 Å². The molecule has 0 aromatic carbocycles. The third-order valence-corrected chi connectivity index (χ3v) is 3.70. The van der Waals surface area contributed by atoms with Crippen LogP contribution in [0.25, 0.3) is 0 Å². The SMILES string of the molecule is CCN(CCOC)C(=O)NC1(C(=O)O)CCCCC1. The maximum absolute atomic E-state index is 12.2. The number of carbonyl (C=O) groups is 2. The van der Waals surface area contributed by atoms with Gasteiger partial charge < -0.3 is 20.1 Å². The lowest BCUT2D eigenvalue weighted by molar-refractivity contribution is -0.146. The van der Waals surface area contributed by atoms with Crippen LogP contribution in [-0.2, 0) is 9.53 Å². The van der Waals surface area contributed by atoms with Crippen LogP contribution in [0.4, 0.5) is 4.79 Å². The Hall–Kier alpha value is -1.30. The Morgan fingerprint density at radius 3 is 2.42 bits per heavy atom. The van der Waals surface area contributed by atoms with E-state index in [4.69, 9.17) is 4.74 Å². The molecule has 0 radical (unpaired) electrons. The number of carboxylic acids is 1. The Kier molecular flexibility index (Phi) is 6.08. The summed E-state index contributed by atoms with van der Waals surface area (Å²) in [4.78, 5) is 25.2. The Labute approximate surface area is 114 Å². The van der Waals surface area contributed by atoms with Gasteiger partial charge in [0.25, 0.3) is 0 Å². The molecule has 19 heavy (non-hydrogen) atoms. The van der Waals surface area contributed by atoms with E-state index >= 15 is 0 Å². The average Bonchev–Trinajstić information content (AvgIpc) is 2.40. The lowest BCUT2D eigenvalue weighted by Crippen LogP contribution is -2.59. The molecule has 0 saturated heterocycles. The number of likely N-dealkylation sites (N-methyl/N-ethyl adjacent to an activating group) is 1. The second-order valence-electron chi connectivity index (χ2n) is 4.95. The van der Waals surface area contributed by atoms with E-state index in [9.17, 15) is 14.7 Å². The highest BCUT2D eigenvalue weighted by atomic mass is 16.5. The smallest absolute Gasteiger partial charge is 0.329 e. The summed E-state index contributed by atoms with van der Waals surface area (Å²) in [7, 11) is 1.58. The van der Waals surface area contributed by atoms with E-state index in [2.05, 4.69) is 5.32 Å². The van der Waals surface area contributed by atoms with Crippen molar-refractivity contribution >= 4 is 12.0 Å². The molecule has 2 N–H and O–H groups in total. The first-order valence-corrected chi connectivity index (χ1v) is 6.85. The summed E-state index contributed by atoms with van der Waals surface area (Å²) in [6.07, 6.45) is 3.74. The average molecular weight is 272 g/mol. The van der Waals surface area contributed by atoms with Crippen LogP contribution in [0.3, 0.4) is 0 Å². The van der Waals surface area contributed by atoms with Crippen LogP contribution in [-0.4, -0.2) is 54.4 Å². The number of rotatable bonds is 6. The number of nitrogens with one attached hydrogen (secondary N) is 1.